The zero-order chi connectivity index (χ0) is 13.2. The van der Waals surface area contributed by atoms with Crippen LogP contribution in [0.5, 0.6) is 0 Å². The molecule has 1 saturated heterocycles. The van der Waals surface area contributed by atoms with Crippen molar-refractivity contribution >= 4 is 0 Å². The summed E-state index contributed by atoms with van der Waals surface area (Å²) in [6.45, 7) is 8.37. The molecule has 2 rings (SSSR count). The van der Waals surface area contributed by atoms with E-state index in [0.29, 0.717) is 5.92 Å². The first kappa shape index (κ1) is 13.8. The molecule has 0 bridgehead atoms. The Hall–Kier alpha value is -0.590. The highest BCUT2D eigenvalue weighted by atomic mass is 15.1. The summed E-state index contributed by atoms with van der Waals surface area (Å²) in [5.41, 5.74) is -0.239. The second-order valence-electron chi connectivity index (χ2n) is 6.43. The maximum absolute atomic E-state index is 9.44. The van der Waals surface area contributed by atoms with Gasteiger partial charge in [0, 0.05) is 13.1 Å². The van der Waals surface area contributed by atoms with Crippen LogP contribution in [0.15, 0.2) is 0 Å². The molecule has 0 amide bonds. The molecule has 18 heavy (non-hydrogen) atoms. The van der Waals surface area contributed by atoms with E-state index in [1.165, 1.54) is 38.9 Å². The number of likely N-dealkylation sites (tertiary alicyclic amines) is 1. The van der Waals surface area contributed by atoms with Gasteiger partial charge in [-0.15, -0.1) is 0 Å². The van der Waals surface area contributed by atoms with E-state index < -0.39 is 0 Å². The zero-order valence-electron chi connectivity index (χ0n) is 12.1. The molecular weight excluding hydrogens is 222 g/mol. The normalized spacial score (nSPS) is 41.1. The van der Waals surface area contributed by atoms with Crippen LogP contribution in [0.2, 0.25) is 0 Å². The van der Waals surface area contributed by atoms with Crippen molar-refractivity contribution in [2.24, 2.45) is 17.8 Å². The summed E-state index contributed by atoms with van der Waals surface area (Å²) in [7, 11) is 1.95. The molecule has 0 aromatic heterocycles. The Labute approximate surface area is 112 Å². The fraction of sp³-hybridized carbons (Fsp3) is 0.933. The third kappa shape index (κ3) is 2.55. The topological polar surface area (TPSA) is 39.1 Å². The van der Waals surface area contributed by atoms with Crippen molar-refractivity contribution < 1.29 is 0 Å². The molecule has 4 unspecified atom stereocenters. The maximum Gasteiger partial charge on any atom is 0.109 e. The summed E-state index contributed by atoms with van der Waals surface area (Å²) in [6, 6.07) is 2.54. The van der Waals surface area contributed by atoms with Crippen LogP contribution in [0.3, 0.4) is 0 Å². The highest BCUT2D eigenvalue weighted by molar-refractivity contribution is 5.13. The summed E-state index contributed by atoms with van der Waals surface area (Å²) in [5.74, 6) is 2.20. The van der Waals surface area contributed by atoms with Gasteiger partial charge in [0.1, 0.15) is 5.54 Å². The summed E-state index contributed by atoms with van der Waals surface area (Å²) in [4.78, 5) is 2.59. The third-order valence-electron chi connectivity index (χ3n) is 5.32. The molecule has 1 heterocycles. The largest absolute Gasteiger partial charge is 0.303 e. The summed E-state index contributed by atoms with van der Waals surface area (Å²) >= 11 is 0. The van der Waals surface area contributed by atoms with E-state index in [1.54, 1.807) is 0 Å². The molecule has 0 aromatic carbocycles. The minimum Gasteiger partial charge on any atom is -0.303 e. The second-order valence-corrected chi connectivity index (χ2v) is 6.43. The second kappa shape index (κ2) is 5.59. The summed E-state index contributed by atoms with van der Waals surface area (Å²) in [6.07, 6.45) is 4.62. The lowest BCUT2D eigenvalue weighted by molar-refractivity contribution is 0.252. The van der Waals surface area contributed by atoms with Crippen molar-refractivity contribution in [2.75, 3.05) is 26.7 Å². The standard InChI is InChI=1S/C15H27N3/c1-12-9-18(10-13(12)2)8-6-14-5-4-7-15(14,11-16)17-3/h12-14,17H,4-10H2,1-3H3. The Morgan fingerprint density at radius 1 is 1.33 bits per heavy atom. The van der Waals surface area contributed by atoms with Crippen molar-refractivity contribution in [3.05, 3.63) is 0 Å². The van der Waals surface area contributed by atoms with Gasteiger partial charge in [-0.05, 0) is 50.6 Å². The molecule has 0 spiro atoms. The van der Waals surface area contributed by atoms with Gasteiger partial charge < -0.3 is 10.2 Å². The van der Waals surface area contributed by atoms with Crippen molar-refractivity contribution in [2.45, 2.75) is 45.1 Å². The Morgan fingerprint density at radius 2 is 2.00 bits per heavy atom. The first-order chi connectivity index (χ1) is 8.61. The van der Waals surface area contributed by atoms with Gasteiger partial charge in [-0.3, -0.25) is 0 Å². The van der Waals surface area contributed by atoms with Crippen LogP contribution >= 0.6 is 0 Å². The minimum atomic E-state index is -0.239. The van der Waals surface area contributed by atoms with Crippen molar-refractivity contribution in [3.8, 4) is 6.07 Å². The molecule has 1 saturated carbocycles. The van der Waals surface area contributed by atoms with E-state index in [1.807, 2.05) is 7.05 Å². The summed E-state index contributed by atoms with van der Waals surface area (Å²) < 4.78 is 0. The van der Waals surface area contributed by atoms with Crippen molar-refractivity contribution in [1.82, 2.24) is 10.2 Å². The quantitative estimate of drug-likeness (QED) is 0.830. The number of hydrogen-bond donors (Lipinski definition) is 1. The lowest BCUT2D eigenvalue weighted by Gasteiger charge is -2.29. The van der Waals surface area contributed by atoms with E-state index in [4.69, 9.17) is 0 Å². The maximum atomic E-state index is 9.44. The number of nitriles is 1. The SMILES string of the molecule is CNC1(C#N)CCCC1CCN1CC(C)C(C)C1. The Bertz CT molecular complexity index is 312. The van der Waals surface area contributed by atoms with E-state index >= 15 is 0 Å². The third-order valence-corrected chi connectivity index (χ3v) is 5.32. The predicted molar refractivity (Wildman–Crippen MR) is 74.1 cm³/mol. The highest BCUT2D eigenvalue weighted by Gasteiger charge is 2.42. The highest BCUT2D eigenvalue weighted by Crippen LogP contribution is 2.37. The first-order valence-electron chi connectivity index (χ1n) is 7.44. The van der Waals surface area contributed by atoms with E-state index in [0.717, 1.165) is 18.3 Å². The first-order valence-corrected chi connectivity index (χ1v) is 7.44. The average Bonchev–Trinajstić information content (AvgIpc) is 2.91. The fourth-order valence-electron chi connectivity index (χ4n) is 3.77. The lowest BCUT2D eigenvalue weighted by atomic mass is 9.86. The van der Waals surface area contributed by atoms with Gasteiger partial charge in [0.25, 0.3) is 0 Å². The molecule has 1 aliphatic carbocycles. The molecule has 3 nitrogen and oxygen atoms in total. The van der Waals surface area contributed by atoms with Gasteiger partial charge >= 0.3 is 0 Å². The molecule has 4 atom stereocenters. The monoisotopic (exact) mass is 249 g/mol. The smallest absolute Gasteiger partial charge is 0.109 e. The van der Waals surface area contributed by atoms with Crippen LogP contribution in [0.25, 0.3) is 0 Å². The van der Waals surface area contributed by atoms with Crippen LogP contribution in [-0.2, 0) is 0 Å². The molecule has 0 aromatic rings. The van der Waals surface area contributed by atoms with Crippen molar-refractivity contribution in [1.29, 1.82) is 5.26 Å². The van der Waals surface area contributed by atoms with Gasteiger partial charge in [-0.25, -0.2) is 0 Å². The number of nitrogens with one attached hydrogen (secondary N) is 1. The van der Waals surface area contributed by atoms with Gasteiger partial charge in [0.2, 0.25) is 0 Å². The van der Waals surface area contributed by atoms with Crippen LogP contribution in [0.4, 0.5) is 0 Å². The molecule has 1 aliphatic heterocycles. The summed E-state index contributed by atoms with van der Waals surface area (Å²) in [5, 5.41) is 12.7. The number of nitrogens with zero attached hydrogens (tertiary/aromatic N) is 2. The number of hydrogen-bond acceptors (Lipinski definition) is 3. The van der Waals surface area contributed by atoms with E-state index in [-0.39, 0.29) is 5.54 Å². The fourth-order valence-corrected chi connectivity index (χ4v) is 3.77. The van der Waals surface area contributed by atoms with Gasteiger partial charge in [0.15, 0.2) is 0 Å². The Kier molecular flexibility index (Phi) is 4.29. The Balaban J connectivity index is 1.85. The Morgan fingerprint density at radius 3 is 2.56 bits per heavy atom. The zero-order valence-corrected chi connectivity index (χ0v) is 12.1. The van der Waals surface area contributed by atoms with Crippen LogP contribution in [-0.4, -0.2) is 37.1 Å². The van der Waals surface area contributed by atoms with Gasteiger partial charge in [-0.1, -0.05) is 20.3 Å². The number of rotatable bonds is 4. The van der Waals surface area contributed by atoms with Gasteiger partial charge in [0.05, 0.1) is 6.07 Å². The minimum absolute atomic E-state index is 0.239. The molecule has 1 N–H and O–H groups in total. The average molecular weight is 249 g/mol. The van der Waals surface area contributed by atoms with Crippen molar-refractivity contribution in [3.63, 3.8) is 0 Å². The molecule has 3 heteroatoms. The molecule has 102 valence electrons. The predicted octanol–water partition coefficient (Wildman–Crippen LogP) is 2.25. The van der Waals surface area contributed by atoms with E-state index in [9.17, 15) is 5.26 Å². The molecule has 0 radical (unpaired) electrons. The van der Waals surface area contributed by atoms with E-state index in [2.05, 4.69) is 30.1 Å². The molecular formula is C15H27N3. The molecule has 2 fully saturated rings. The van der Waals surface area contributed by atoms with Crippen LogP contribution < -0.4 is 5.32 Å². The van der Waals surface area contributed by atoms with Crippen LogP contribution in [0.1, 0.15) is 39.5 Å². The van der Waals surface area contributed by atoms with Gasteiger partial charge in [-0.2, -0.15) is 5.26 Å². The lowest BCUT2D eigenvalue weighted by Crippen LogP contribution is -2.45. The van der Waals surface area contributed by atoms with Crippen LogP contribution in [0, 0.1) is 29.1 Å². The molecule has 2 aliphatic rings.